The molecule has 0 aromatic heterocycles. The van der Waals surface area contributed by atoms with E-state index in [0.717, 1.165) is 13.0 Å². The first-order valence-electron chi connectivity index (χ1n) is 3.98. The Bertz CT molecular complexity index is 87.3. The van der Waals surface area contributed by atoms with Gasteiger partial charge in [0.15, 0.2) is 0 Å². The van der Waals surface area contributed by atoms with Crippen molar-refractivity contribution in [2.75, 3.05) is 6.54 Å². The van der Waals surface area contributed by atoms with Gasteiger partial charge in [-0.15, -0.1) is 0 Å². The lowest BCUT2D eigenvalue weighted by molar-refractivity contribution is 0.348. The first kappa shape index (κ1) is 9.92. The quantitative estimate of drug-likeness (QED) is 0.620. The van der Waals surface area contributed by atoms with Gasteiger partial charge >= 0.3 is 0 Å². The molecule has 0 fully saturated rings. The summed E-state index contributed by atoms with van der Waals surface area (Å²) >= 11 is 0. The number of hydrogen-bond donors (Lipinski definition) is 2. The number of rotatable bonds is 4. The van der Waals surface area contributed by atoms with Gasteiger partial charge in [-0.3, -0.25) is 0 Å². The van der Waals surface area contributed by atoms with Crippen molar-refractivity contribution in [3.8, 4) is 0 Å². The van der Waals surface area contributed by atoms with Crippen LogP contribution in [0.1, 0.15) is 34.1 Å². The SMILES string of the molecule is CCNC(C)(C)CC(C)N. The van der Waals surface area contributed by atoms with Crippen LogP contribution in [-0.2, 0) is 0 Å². The molecule has 1 atom stereocenters. The minimum absolute atomic E-state index is 0.197. The zero-order chi connectivity index (χ0) is 8.20. The Morgan fingerprint density at radius 3 is 2.30 bits per heavy atom. The molecule has 10 heavy (non-hydrogen) atoms. The van der Waals surface area contributed by atoms with Crippen molar-refractivity contribution >= 4 is 0 Å². The first-order valence-corrected chi connectivity index (χ1v) is 3.98. The maximum Gasteiger partial charge on any atom is 0.0139 e. The van der Waals surface area contributed by atoms with Crippen LogP contribution in [0.2, 0.25) is 0 Å². The summed E-state index contributed by atoms with van der Waals surface area (Å²) in [4.78, 5) is 0. The number of hydrogen-bond acceptors (Lipinski definition) is 2. The van der Waals surface area contributed by atoms with E-state index >= 15 is 0 Å². The third-order valence-corrected chi connectivity index (χ3v) is 1.49. The Morgan fingerprint density at radius 2 is 2.00 bits per heavy atom. The van der Waals surface area contributed by atoms with Gasteiger partial charge in [-0.2, -0.15) is 0 Å². The highest BCUT2D eigenvalue weighted by atomic mass is 14.9. The molecule has 0 radical (unpaired) electrons. The van der Waals surface area contributed by atoms with Crippen LogP contribution >= 0.6 is 0 Å². The Morgan fingerprint density at radius 1 is 1.50 bits per heavy atom. The molecule has 0 aliphatic heterocycles. The summed E-state index contributed by atoms with van der Waals surface area (Å²) < 4.78 is 0. The maximum absolute atomic E-state index is 5.67. The summed E-state index contributed by atoms with van der Waals surface area (Å²) in [5, 5.41) is 3.37. The van der Waals surface area contributed by atoms with Gasteiger partial charge in [-0.05, 0) is 33.7 Å². The predicted octanol–water partition coefficient (Wildman–Crippen LogP) is 1.11. The van der Waals surface area contributed by atoms with E-state index in [1.54, 1.807) is 0 Å². The van der Waals surface area contributed by atoms with Crippen molar-refractivity contribution in [1.29, 1.82) is 0 Å². The van der Waals surface area contributed by atoms with Gasteiger partial charge in [-0.25, -0.2) is 0 Å². The molecule has 0 aromatic rings. The summed E-state index contributed by atoms with van der Waals surface area (Å²) in [5.41, 5.74) is 5.87. The summed E-state index contributed by atoms with van der Waals surface area (Å²) in [6.07, 6.45) is 1.03. The second-order valence-electron chi connectivity index (χ2n) is 3.60. The van der Waals surface area contributed by atoms with Crippen molar-refractivity contribution in [1.82, 2.24) is 5.32 Å². The van der Waals surface area contributed by atoms with Crippen LogP contribution < -0.4 is 11.1 Å². The summed E-state index contributed by atoms with van der Waals surface area (Å²) in [6.45, 7) is 9.53. The second kappa shape index (κ2) is 3.94. The lowest BCUT2D eigenvalue weighted by Crippen LogP contribution is -2.43. The van der Waals surface area contributed by atoms with E-state index in [-0.39, 0.29) is 11.6 Å². The van der Waals surface area contributed by atoms with Crippen LogP contribution in [0.15, 0.2) is 0 Å². The van der Waals surface area contributed by atoms with Gasteiger partial charge in [0.05, 0.1) is 0 Å². The molecule has 0 aromatic carbocycles. The van der Waals surface area contributed by atoms with Crippen molar-refractivity contribution < 1.29 is 0 Å². The van der Waals surface area contributed by atoms with E-state index < -0.39 is 0 Å². The van der Waals surface area contributed by atoms with Gasteiger partial charge in [0.1, 0.15) is 0 Å². The fourth-order valence-corrected chi connectivity index (χ4v) is 1.36. The van der Waals surface area contributed by atoms with Gasteiger partial charge in [0, 0.05) is 11.6 Å². The molecule has 2 nitrogen and oxygen atoms in total. The largest absolute Gasteiger partial charge is 0.328 e. The van der Waals surface area contributed by atoms with Crippen molar-refractivity contribution in [2.24, 2.45) is 5.73 Å². The second-order valence-corrected chi connectivity index (χ2v) is 3.60. The molecular weight excluding hydrogens is 124 g/mol. The molecule has 0 amide bonds. The minimum Gasteiger partial charge on any atom is -0.328 e. The summed E-state index contributed by atoms with van der Waals surface area (Å²) in [6, 6.07) is 0.286. The van der Waals surface area contributed by atoms with E-state index in [4.69, 9.17) is 5.73 Å². The van der Waals surface area contributed by atoms with Crippen LogP contribution in [-0.4, -0.2) is 18.1 Å². The van der Waals surface area contributed by atoms with Gasteiger partial charge < -0.3 is 11.1 Å². The summed E-state index contributed by atoms with van der Waals surface area (Å²) in [7, 11) is 0. The zero-order valence-corrected chi connectivity index (χ0v) is 7.57. The highest BCUT2D eigenvalue weighted by Crippen LogP contribution is 2.08. The fraction of sp³-hybridized carbons (Fsp3) is 1.00. The third kappa shape index (κ3) is 4.77. The van der Waals surface area contributed by atoms with E-state index in [1.165, 1.54) is 0 Å². The molecular formula is C8H20N2. The normalized spacial score (nSPS) is 15.3. The predicted molar refractivity (Wildman–Crippen MR) is 46.0 cm³/mol. The van der Waals surface area contributed by atoms with Gasteiger partial charge in [-0.1, -0.05) is 6.92 Å². The van der Waals surface area contributed by atoms with E-state index in [1.807, 2.05) is 6.92 Å². The Balaban J connectivity index is 3.63. The van der Waals surface area contributed by atoms with E-state index in [0.29, 0.717) is 0 Å². The van der Waals surface area contributed by atoms with Crippen molar-refractivity contribution in [2.45, 2.75) is 45.7 Å². The molecule has 62 valence electrons. The molecule has 0 aliphatic rings. The molecule has 0 aliphatic carbocycles. The molecule has 0 heterocycles. The van der Waals surface area contributed by atoms with Gasteiger partial charge in [0.25, 0.3) is 0 Å². The smallest absolute Gasteiger partial charge is 0.0139 e. The zero-order valence-electron chi connectivity index (χ0n) is 7.57. The molecule has 0 saturated carbocycles. The number of nitrogens with two attached hydrogens (primary N) is 1. The average molecular weight is 144 g/mol. The van der Waals surface area contributed by atoms with Crippen LogP contribution in [0, 0.1) is 0 Å². The highest BCUT2D eigenvalue weighted by molar-refractivity contribution is 4.79. The van der Waals surface area contributed by atoms with Gasteiger partial charge in [0.2, 0.25) is 0 Å². The first-order chi connectivity index (χ1) is 4.48. The topological polar surface area (TPSA) is 38.0 Å². The Kier molecular flexibility index (Phi) is 3.91. The van der Waals surface area contributed by atoms with Crippen LogP contribution in [0.5, 0.6) is 0 Å². The van der Waals surface area contributed by atoms with Crippen LogP contribution in [0.3, 0.4) is 0 Å². The van der Waals surface area contributed by atoms with Crippen molar-refractivity contribution in [3.05, 3.63) is 0 Å². The Hall–Kier alpha value is -0.0800. The molecule has 0 bridgehead atoms. The lowest BCUT2D eigenvalue weighted by Gasteiger charge is -2.27. The molecule has 0 rings (SSSR count). The average Bonchev–Trinajstić information content (AvgIpc) is 1.59. The van der Waals surface area contributed by atoms with E-state index in [9.17, 15) is 0 Å². The molecule has 0 spiro atoms. The third-order valence-electron chi connectivity index (χ3n) is 1.49. The standard InChI is InChI=1S/C8H20N2/c1-5-10-8(3,4)6-7(2)9/h7,10H,5-6,9H2,1-4H3. The maximum atomic E-state index is 5.67. The molecule has 0 saturated heterocycles. The van der Waals surface area contributed by atoms with Crippen LogP contribution in [0.4, 0.5) is 0 Å². The molecule has 2 heteroatoms. The molecule has 1 unspecified atom stereocenters. The summed E-state index contributed by atoms with van der Waals surface area (Å²) in [5.74, 6) is 0. The fourth-order valence-electron chi connectivity index (χ4n) is 1.36. The monoisotopic (exact) mass is 144 g/mol. The minimum atomic E-state index is 0.197. The Labute approximate surface area is 64.2 Å². The number of nitrogens with one attached hydrogen (secondary N) is 1. The van der Waals surface area contributed by atoms with Crippen molar-refractivity contribution in [3.63, 3.8) is 0 Å². The molecule has 3 N–H and O–H groups in total. The van der Waals surface area contributed by atoms with Crippen LogP contribution in [0.25, 0.3) is 0 Å². The highest BCUT2D eigenvalue weighted by Gasteiger charge is 2.16. The lowest BCUT2D eigenvalue weighted by atomic mass is 9.96. The van der Waals surface area contributed by atoms with E-state index in [2.05, 4.69) is 26.1 Å².